The SMILES string of the molecule is Cc1ccc(-c2cc3cnc(Nc4ccc(OC5CCN(C)CC5)cc4)nc3n(Cc3n[nH][n+](C)c3C3CCNC3)c2=O)c(Cl)c1. The van der Waals surface area contributed by atoms with Gasteiger partial charge in [0.05, 0.1) is 0 Å². The van der Waals surface area contributed by atoms with Gasteiger partial charge in [0.2, 0.25) is 11.6 Å². The van der Waals surface area contributed by atoms with Gasteiger partial charge in [-0.15, -0.1) is 0 Å². The highest BCUT2D eigenvalue weighted by Crippen LogP contribution is 2.30. The third-order valence-electron chi connectivity index (χ3n) is 9.07. The molecule has 0 spiro atoms. The number of ether oxygens (including phenoxy) is 1. The predicted octanol–water partition coefficient (Wildman–Crippen LogP) is 4.31. The third kappa shape index (κ3) is 6.22. The maximum atomic E-state index is 14.3. The Morgan fingerprint density at radius 3 is 2.63 bits per heavy atom. The van der Waals surface area contributed by atoms with E-state index in [2.05, 4.69) is 37.9 Å². The van der Waals surface area contributed by atoms with Crippen molar-refractivity contribution < 1.29 is 9.42 Å². The number of anilines is 2. The van der Waals surface area contributed by atoms with Crippen LogP contribution >= 0.6 is 11.6 Å². The normalized spacial score (nSPS) is 17.5. The van der Waals surface area contributed by atoms with Crippen molar-refractivity contribution in [1.29, 1.82) is 0 Å². The van der Waals surface area contributed by atoms with Gasteiger partial charge in [-0.1, -0.05) is 28.9 Å². The zero-order chi connectivity index (χ0) is 31.8. The van der Waals surface area contributed by atoms with Crippen LogP contribution in [0.2, 0.25) is 5.02 Å². The zero-order valence-corrected chi connectivity index (χ0v) is 27.1. The van der Waals surface area contributed by atoms with E-state index in [1.807, 2.05) is 67.2 Å². The Hall–Kier alpha value is -4.32. The Morgan fingerprint density at radius 1 is 1.09 bits per heavy atom. The molecule has 2 aliphatic heterocycles. The van der Waals surface area contributed by atoms with Crippen molar-refractivity contribution in [3.63, 3.8) is 0 Å². The number of halogens is 1. The molecule has 2 fully saturated rings. The molecule has 46 heavy (non-hydrogen) atoms. The molecule has 238 valence electrons. The van der Waals surface area contributed by atoms with Gasteiger partial charge in [0.1, 0.15) is 31.1 Å². The van der Waals surface area contributed by atoms with Crippen LogP contribution in [0.4, 0.5) is 11.6 Å². The monoisotopic (exact) mass is 640 g/mol. The van der Waals surface area contributed by atoms with Gasteiger partial charge in [-0.2, -0.15) is 9.67 Å². The van der Waals surface area contributed by atoms with Crippen LogP contribution in [0.1, 0.15) is 42.1 Å². The number of likely N-dealkylation sites (tertiary alicyclic amines) is 1. The summed E-state index contributed by atoms with van der Waals surface area (Å²) in [7, 11) is 4.10. The topological polar surface area (TPSA) is 117 Å². The lowest BCUT2D eigenvalue weighted by Gasteiger charge is -2.29. The van der Waals surface area contributed by atoms with Crippen LogP contribution < -0.4 is 25.6 Å². The quantitative estimate of drug-likeness (QED) is 0.215. The number of fused-ring (bicyclic) bond motifs is 1. The van der Waals surface area contributed by atoms with Crippen molar-refractivity contribution in [1.82, 2.24) is 35.1 Å². The lowest BCUT2D eigenvalue weighted by Crippen LogP contribution is -2.37. The zero-order valence-electron chi connectivity index (χ0n) is 26.4. The van der Waals surface area contributed by atoms with Gasteiger partial charge >= 0.3 is 0 Å². The van der Waals surface area contributed by atoms with Crippen molar-refractivity contribution in [2.24, 2.45) is 7.05 Å². The van der Waals surface area contributed by atoms with E-state index in [9.17, 15) is 4.79 Å². The van der Waals surface area contributed by atoms with Crippen molar-refractivity contribution in [3.8, 4) is 16.9 Å². The lowest BCUT2D eigenvalue weighted by atomic mass is 10.0. The summed E-state index contributed by atoms with van der Waals surface area (Å²) in [6.45, 7) is 6.14. The number of nitrogens with one attached hydrogen (secondary N) is 3. The van der Waals surface area contributed by atoms with E-state index in [4.69, 9.17) is 21.3 Å². The molecule has 3 N–H and O–H groups in total. The largest absolute Gasteiger partial charge is 0.490 e. The van der Waals surface area contributed by atoms with Gasteiger partial charge in [0, 0.05) is 64.1 Å². The van der Waals surface area contributed by atoms with E-state index in [0.29, 0.717) is 33.7 Å². The molecule has 11 nitrogen and oxygen atoms in total. The number of nitrogens with zero attached hydrogens (tertiary/aromatic N) is 6. The second-order valence-corrected chi connectivity index (χ2v) is 12.9. The van der Waals surface area contributed by atoms with Crippen molar-refractivity contribution >= 4 is 34.3 Å². The van der Waals surface area contributed by atoms with Gasteiger partial charge < -0.3 is 20.3 Å². The molecule has 2 aliphatic rings. The molecule has 2 saturated heterocycles. The lowest BCUT2D eigenvalue weighted by molar-refractivity contribution is -0.738. The first-order valence-electron chi connectivity index (χ1n) is 15.9. The molecule has 0 aliphatic carbocycles. The van der Waals surface area contributed by atoms with E-state index < -0.39 is 0 Å². The van der Waals surface area contributed by atoms with Crippen LogP contribution in [0.15, 0.2) is 59.5 Å². The number of aromatic amines is 1. The Bertz CT molecular complexity index is 1920. The molecule has 5 heterocycles. The first-order chi connectivity index (χ1) is 22.3. The number of rotatable bonds is 8. The fraction of sp³-hybridized carbons (Fsp3) is 0.382. The molecule has 2 aromatic carbocycles. The van der Waals surface area contributed by atoms with E-state index in [1.54, 1.807) is 10.8 Å². The first kappa shape index (κ1) is 30.3. The van der Waals surface area contributed by atoms with Crippen molar-refractivity contribution in [2.75, 3.05) is 38.5 Å². The van der Waals surface area contributed by atoms with Crippen LogP contribution in [-0.2, 0) is 13.6 Å². The summed E-state index contributed by atoms with van der Waals surface area (Å²) < 4.78 is 9.85. The number of hydrogen-bond donors (Lipinski definition) is 3. The van der Waals surface area contributed by atoms with Crippen LogP contribution in [0, 0.1) is 6.92 Å². The highest BCUT2D eigenvalue weighted by molar-refractivity contribution is 6.33. The molecule has 12 heteroatoms. The molecule has 0 amide bonds. The average molecular weight is 641 g/mol. The van der Waals surface area contributed by atoms with Crippen LogP contribution in [0.25, 0.3) is 22.2 Å². The molecule has 5 aromatic rings. The maximum Gasteiger partial charge on any atom is 0.260 e. The Kier molecular flexibility index (Phi) is 8.46. The second-order valence-electron chi connectivity index (χ2n) is 12.5. The molecular formula is C34H39ClN9O2+. The van der Waals surface area contributed by atoms with Gasteiger partial charge in [-0.05, 0) is 81.7 Å². The fourth-order valence-corrected chi connectivity index (χ4v) is 6.88. The van der Waals surface area contributed by atoms with E-state index in [0.717, 1.165) is 79.2 Å². The standard InChI is InChI=1S/C34H38ClN9O2/c1-21-4-9-27(29(35)16-21)28-17-23-19-37-34(38-24-5-7-25(8-6-24)46-26-11-14-42(2)15-12-26)39-32(23)44(33(28)45)20-30-31(43(3)41-40-30)22-10-13-36-18-22/h4-9,16-17,19,22,26,36H,10-15,18,20H2,1-3H3,(H,37,38,39,45)/p+1. The Labute approximate surface area is 272 Å². The second kappa shape index (κ2) is 12.8. The molecule has 0 saturated carbocycles. The minimum absolute atomic E-state index is 0.195. The molecule has 7 rings (SSSR count). The maximum absolute atomic E-state index is 14.3. The summed E-state index contributed by atoms with van der Waals surface area (Å²) in [5.41, 5.74) is 5.21. The molecule has 0 radical (unpaired) electrons. The molecule has 1 atom stereocenters. The van der Waals surface area contributed by atoms with Crippen LogP contribution in [0.3, 0.4) is 0 Å². The Morgan fingerprint density at radius 2 is 1.89 bits per heavy atom. The summed E-state index contributed by atoms with van der Waals surface area (Å²) in [5.74, 6) is 1.53. The van der Waals surface area contributed by atoms with Crippen LogP contribution in [-0.4, -0.2) is 69.1 Å². The van der Waals surface area contributed by atoms with Crippen LogP contribution in [0.5, 0.6) is 5.75 Å². The summed E-state index contributed by atoms with van der Waals surface area (Å²) >= 11 is 6.67. The molecule has 3 aromatic heterocycles. The number of aryl methyl sites for hydroxylation is 2. The number of aromatic nitrogens is 6. The number of H-pyrrole nitrogens is 1. The number of hydrogen-bond acceptors (Lipinski definition) is 8. The fourth-order valence-electron chi connectivity index (χ4n) is 6.54. The van der Waals surface area contributed by atoms with Crippen molar-refractivity contribution in [3.05, 3.63) is 87.1 Å². The van der Waals surface area contributed by atoms with Crippen molar-refractivity contribution in [2.45, 2.75) is 44.8 Å². The summed E-state index contributed by atoms with van der Waals surface area (Å²) in [5, 5.41) is 15.7. The predicted molar refractivity (Wildman–Crippen MR) is 179 cm³/mol. The highest BCUT2D eigenvalue weighted by atomic mass is 35.5. The van der Waals surface area contributed by atoms with Gasteiger partial charge in [-0.25, -0.2) is 4.98 Å². The average Bonchev–Trinajstić information content (AvgIpc) is 3.70. The smallest absolute Gasteiger partial charge is 0.260 e. The van der Waals surface area contributed by atoms with E-state index in [-0.39, 0.29) is 18.2 Å². The minimum atomic E-state index is -0.195. The Balaban J connectivity index is 1.24. The van der Waals surface area contributed by atoms with E-state index >= 15 is 0 Å². The highest BCUT2D eigenvalue weighted by Gasteiger charge is 2.31. The number of pyridine rings is 1. The molecule has 1 unspecified atom stereocenters. The minimum Gasteiger partial charge on any atom is -0.490 e. The third-order valence-corrected chi connectivity index (χ3v) is 9.38. The number of benzene rings is 2. The molecular weight excluding hydrogens is 602 g/mol. The van der Waals surface area contributed by atoms with Gasteiger partial charge in [0.15, 0.2) is 5.69 Å². The van der Waals surface area contributed by atoms with E-state index in [1.165, 1.54) is 0 Å². The van der Waals surface area contributed by atoms with Gasteiger partial charge in [-0.3, -0.25) is 9.36 Å². The molecule has 0 bridgehead atoms. The summed E-state index contributed by atoms with van der Waals surface area (Å²) in [4.78, 5) is 26.1. The first-order valence-corrected chi connectivity index (χ1v) is 16.2. The summed E-state index contributed by atoms with van der Waals surface area (Å²) in [6, 6.07) is 15.4. The summed E-state index contributed by atoms with van der Waals surface area (Å²) in [6.07, 6.45) is 5.04. The number of piperidine rings is 1. The van der Waals surface area contributed by atoms with Gasteiger partial charge in [0.25, 0.3) is 5.56 Å².